The zero-order valence-electron chi connectivity index (χ0n) is 19.9. The van der Waals surface area contributed by atoms with Crippen LogP contribution in [-0.4, -0.2) is 23.9 Å². The Labute approximate surface area is 212 Å². The quantitative estimate of drug-likeness (QED) is 0.264. The van der Waals surface area contributed by atoms with Crippen molar-refractivity contribution in [3.63, 3.8) is 0 Å². The van der Waals surface area contributed by atoms with Crippen molar-refractivity contribution in [1.29, 1.82) is 0 Å². The Kier molecular flexibility index (Phi) is 7.47. The molecule has 0 aliphatic rings. The molecule has 0 atom stereocenters. The van der Waals surface area contributed by atoms with E-state index in [0.717, 1.165) is 18.4 Å². The molecule has 0 fully saturated rings. The number of rotatable bonds is 9. The molecule has 0 heterocycles. The fourth-order valence-electron chi connectivity index (χ4n) is 3.66. The molecule has 6 nitrogen and oxygen atoms in total. The van der Waals surface area contributed by atoms with E-state index in [2.05, 4.69) is 6.92 Å². The monoisotopic (exact) mass is 522 g/mol. The fourth-order valence-corrected chi connectivity index (χ4v) is 6.18. The van der Waals surface area contributed by atoms with Crippen LogP contribution in [0.1, 0.15) is 18.9 Å². The number of ether oxygens (including phenoxy) is 2. The molecule has 36 heavy (non-hydrogen) atoms. The van der Waals surface area contributed by atoms with Crippen molar-refractivity contribution in [2.45, 2.75) is 39.3 Å². The van der Waals surface area contributed by atoms with Gasteiger partial charge >= 0.3 is 0 Å². The highest BCUT2D eigenvalue weighted by Gasteiger charge is 2.19. The molecule has 0 saturated carbocycles. The van der Waals surface area contributed by atoms with Gasteiger partial charge in [-0.1, -0.05) is 25.5 Å². The lowest BCUT2D eigenvalue weighted by atomic mass is 10.1. The summed E-state index contributed by atoms with van der Waals surface area (Å²) in [5.74, 6) is 1.42. The Morgan fingerprint density at radius 1 is 0.528 bits per heavy atom. The highest BCUT2D eigenvalue weighted by atomic mass is 32.2. The predicted octanol–water partition coefficient (Wildman–Crippen LogP) is 6.11. The van der Waals surface area contributed by atoms with Gasteiger partial charge in [-0.15, -0.1) is 0 Å². The number of methoxy groups -OCH3 is 1. The van der Waals surface area contributed by atoms with Gasteiger partial charge < -0.3 is 9.47 Å². The maximum atomic E-state index is 13.0. The lowest BCUT2D eigenvalue weighted by molar-refractivity contribution is 0.414. The molecule has 0 bridgehead atoms. The highest BCUT2D eigenvalue weighted by Crippen LogP contribution is 2.29. The average Bonchev–Trinajstić information content (AvgIpc) is 2.90. The van der Waals surface area contributed by atoms with Crippen LogP contribution in [0.25, 0.3) is 0 Å². The first-order chi connectivity index (χ1) is 17.2. The van der Waals surface area contributed by atoms with Crippen molar-refractivity contribution in [2.24, 2.45) is 0 Å². The lowest BCUT2D eigenvalue weighted by Crippen LogP contribution is -2.02. The van der Waals surface area contributed by atoms with Gasteiger partial charge in [0.25, 0.3) is 0 Å². The predicted molar refractivity (Wildman–Crippen MR) is 137 cm³/mol. The number of hydrogen-bond donors (Lipinski definition) is 0. The smallest absolute Gasteiger partial charge is 0.206 e. The Morgan fingerprint density at radius 3 is 1.19 bits per heavy atom. The topological polar surface area (TPSA) is 86.7 Å². The number of sulfone groups is 2. The molecule has 186 valence electrons. The van der Waals surface area contributed by atoms with Gasteiger partial charge in [0.1, 0.15) is 17.2 Å². The second-order valence-electron chi connectivity index (χ2n) is 8.12. The number of hydrogen-bond acceptors (Lipinski definition) is 6. The maximum Gasteiger partial charge on any atom is 0.206 e. The minimum Gasteiger partial charge on any atom is -0.497 e. The van der Waals surface area contributed by atoms with Crippen LogP contribution in [0.3, 0.4) is 0 Å². The lowest BCUT2D eigenvalue weighted by Gasteiger charge is -2.10. The van der Waals surface area contributed by atoms with Gasteiger partial charge in [0, 0.05) is 0 Å². The van der Waals surface area contributed by atoms with E-state index < -0.39 is 19.7 Å². The van der Waals surface area contributed by atoms with Gasteiger partial charge in [-0.25, -0.2) is 16.8 Å². The fraction of sp³-hybridized carbons (Fsp3) is 0.143. The Hall–Kier alpha value is -3.62. The van der Waals surface area contributed by atoms with Crippen LogP contribution in [0.4, 0.5) is 0 Å². The zero-order chi connectivity index (χ0) is 25.8. The van der Waals surface area contributed by atoms with Crippen molar-refractivity contribution < 1.29 is 26.3 Å². The molecule has 0 aromatic heterocycles. The maximum absolute atomic E-state index is 13.0. The summed E-state index contributed by atoms with van der Waals surface area (Å²) in [5, 5.41) is 0. The SMILES string of the molecule is CCCc1ccc(S(=O)(=O)c2ccc(Oc3ccc(S(=O)(=O)c4ccc(OC)cc4)cc3)cc2)cc1. The molecule has 4 rings (SSSR count). The summed E-state index contributed by atoms with van der Waals surface area (Å²) in [6.45, 7) is 2.08. The summed E-state index contributed by atoms with van der Waals surface area (Å²) < 4.78 is 62.5. The third-order valence-electron chi connectivity index (χ3n) is 5.65. The molecule has 0 aliphatic carbocycles. The summed E-state index contributed by atoms with van der Waals surface area (Å²) in [4.78, 5) is 0.698. The van der Waals surface area contributed by atoms with E-state index in [0.29, 0.717) is 17.2 Å². The van der Waals surface area contributed by atoms with Gasteiger partial charge in [0.15, 0.2) is 0 Å². The van der Waals surface area contributed by atoms with Gasteiger partial charge in [0.2, 0.25) is 19.7 Å². The van der Waals surface area contributed by atoms with E-state index in [1.165, 1.54) is 43.5 Å². The molecule has 0 saturated heterocycles. The molecule has 0 aliphatic heterocycles. The molecule has 0 amide bonds. The van der Waals surface area contributed by atoms with E-state index in [4.69, 9.17) is 9.47 Å². The third kappa shape index (κ3) is 5.45. The van der Waals surface area contributed by atoms with Crippen molar-refractivity contribution in [3.8, 4) is 17.2 Å². The molecular weight excluding hydrogens is 496 g/mol. The summed E-state index contributed by atoms with van der Waals surface area (Å²) in [7, 11) is -5.81. The Balaban J connectivity index is 1.47. The standard InChI is InChI=1S/C28H26O6S2/c1-3-4-21-5-13-25(14-6-21)35(29,30)27-17-9-23(10-18-27)34-24-11-19-28(20-12-24)36(31,32)26-15-7-22(33-2)8-16-26/h5-20H,3-4H2,1-2H3. The van der Waals surface area contributed by atoms with Crippen molar-refractivity contribution in [2.75, 3.05) is 7.11 Å². The molecule has 0 N–H and O–H groups in total. The second-order valence-corrected chi connectivity index (χ2v) is 12.0. The van der Waals surface area contributed by atoms with Crippen LogP contribution in [0.5, 0.6) is 17.2 Å². The number of benzene rings is 4. The molecule has 4 aromatic rings. The van der Waals surface area contributed by atoms with E-state index >= 15 is 0 Å². The second kappa shape index (κ2) is 10.6. The van der Waals surface area contributed by atoms with Gasteiger partial charge in [-0.3, -0.25) is 0 Å². The molecule has 0 radical (unpaired) electrons. The minimum absolute atomic E-state index is 0.131. The summed E-state index contributed by atoms with van der Waals surface area (Å²) in [6, 6.07) is 25.3. The van der Waals surface area contributed by atoms with E-state index in [9.17, 15) is 16.8 Å². The summed E-state index contributed by atoms with van der Waals surface area (Å²) in [5.41, 5.74) is 1.10. The summed E-state index contributed by atoms with van der Waals surface area (Å²) in [6.07, 6.45) is 1.90. The molecule has 0 spiro atoms. The van der Waals surface area contributed by atoms with E-state index in [-0.39, 0.29) is 19.6 Å². The molecule has 4 aromatic carbocycles. The van der Waals surface area contributed by atoms with Crippen molar-refractivity contribution >= 4 is 19.7 Å². The summed E-state index contributed by atoms with van der Waals surface area (Å²) >= 11 is 0. The van der Waals surface area contributed by atoms with Gasteiger partial charge in [0.05, 0.1) is 26.7 Å². The average molecular weight is 523 g/mol. The third-order valence-corrected chi connectivity index (χ3v) is 9.22. The van der Waals surface area contributed by atoms with Crippen molar-refractivity contribution in [3.05, 3.63) is 103 Å². The minimum atomic E-state index is -3.69. The van der Waals surface area contributed by atoms with Gasteiger partial charge in [-0.2, -0.15) is 0 Å². The van der Waals surface area contributed by atoms with E-state index in [1.807, 2.05) is 12.1 Å². The largest absolute Gasteiger partial charge is 0.497 e. The first kappa shape index (κ1) is 25.5. The van der Waals surface area contributed by atoms with E-state index in [1.54, 1.807) is 48.5 Å². The van der Waals surface area contributed by atoms with Crippen molar-refractivity contribution in [1.82, 2.24) is 0 Å². The van der Waals surface area contributed by atoms with Gasteiger partial charge in [-0.05, 0) is 96.9 Å². The van der Waals surface area contributed by atoms with Crippen LogP contribution in [0.15, 0.2) is 117 Å². The molecule has 0 unspecified atom stereocenters. The van der Waals surface area contributed by atoms with Crippen LogP contribution in [0.2, 0.25) is 0 Å². The number of aryl methyl sites for hydroxylation is 1. The van der Waals surface area contributed by atoms with Crippen LogP contribution in [0, 0.1) is 0 Å². The Bertz CT molecular complexity index is 1520. The van der Waals surface area contributed by atoms with Crippen LogP contribution < -0.4 is 9.47 Å². The Morgan fingerprint density at radius 2 is 0.861 bits per heavy atom. The highest BCUT2D eigenvalue weighted by molar-refractivity contribution is 7.91. The first-order valence-corrected chi connectivity index (χ1v) is 14.3. The van der Waals surface area contributed by atoms with Crippen LogP contribution in [-0.2, 0) is 26.1 Å². The molecule has 8 heteroatoms. The first-order valence-electron chi connectivity index (χ1n) is 11.3. The molecular formula is C28H26O6S2. The normalized spacial score (nSPS) is 11.7. The zero-order valence-corrected chi connectivity index (χ0v) is 21.6. The van der Waals surface area contributed by atoms with Crippen LogP contribution >= 0.6 is 0 Å².